The quantitative estimate of drug-likeness (QED) is 0.740. The van der Waals surface area contributed by atoms with Crippen molar-refractivity contribution in [2.24, 2.45) is 5.92 Å². The van der Waals surface area contributed by atoms with Gasteiger partial charge >= 0.3 is 0 Å². The molecule has 2 aromatic carbocycles. The van der Waals surface area contributed by atoms with Crippen molar-refractivity contribution in [1.29, 1.82) is 0 Å². The number of nitrogens with zero attached hydrogens (tertiary/aromatic N) is 2. The first-order valence-corrected chi connectivity index (χ1v) is 10.8. The molecule has 7 heteroatoms. The second-order valence-electron chi connectivity index (χ2n) is 8.10. The molecule has 4 rings (SSSR count). The third-order valence-corrected chi connectivity index (χ3v) is 6.19. The first-order chi connectivity index (χ1) is 15.1. The number of halogens is 1. The molecule has 2 saturated heterocycles. The largest absolute Gasteiger partial charge is 0.496 e. The molecule has 0 aliphatic carbocycles. The minimum Gasteiger partial charge on any atom is -0.496 e. The van der Waals surface area contributed by atoms with Crippen LogP contribution in [0.4, 0.5) is 10.1 Å². The number of rotatable bonds is 7. The average Bonchev–Trinajstić information content (AvgIpc) is 3.45. The van der Waals surface area contributed by atoms with Crippen LogP contribution in [0, 0.1) is 11.7 Å². The van der Waals surface area contributed by atoms with Gasteiger partial charge < -0.3 is 15.0 Å². The van der Waals surface area contributed by atoms with Crippen LogP contribution >= 0.6 is 0 Å². The normalized spacial score (nSPS) is 20.1. The van der Waals surface area contributed by atoms with E-state index in [4.69, 9.17) is 4.74 Å². The Kier molecular flexibility index (Phi) is 6.51. The van der Waals surface area contributed by atoms with Gasteiger partial charge in [-0.1, -0.05) is 30.3 Å². The van der Waals surface area contributed by atoms with Gasteiger partial charge in [0, 0.05) is 25.1 Å². The molecule has 2 aliphatic rings. The molecular formula is C24H28FN3O3. The number of carbonyl (C=O) groups excluding carboxylic acids is 2. The number of amides is 2. The lowest BCUT2D eigenvalue weighted by Crippen LogP contribution is -2.40. The standard InChI is InChI=1S/C24H28FN3O3/c1-31-22-11-5-2-8-18(22)21(27-12-6-7-13-27)15-26-24(30)17-14-23(29)28(16-17)20-10-4-3-9-19(20)25/h2-5,8-11,17,21H,6-7,12-16H2,1H3,(H,26,30). The number of benzene rings is 2. The lowest BCUT2D eigenvalue weighted by molar-refractivity contribution is -0.126. The topological polar surface area (TPSA) is 61.9 Å². The Labute approximate surface area is 182 Å². The Bertz CT molecular complexity index is 945. The summed E-state index contributed by atoms with van der Waals surface area (Å²) in [6, 6.07) is 14.0. The van der Waals surface area contributed by atoms with E-state index in [9.17, 15) is 14.0 Å². The molecular weight excluding hydrogens is 397 g/mol. The Balaban J connectivity index is 1.45. The highest BCUT2D eigenvalue weighted by atomic mass is 19.1. The fraction of sp³-hybridized carbons (Fsp3) is 0.417. The Hall–Kier alpha value is -2.93. The summed E-state index contributed by atoms with van der Waals surface area (Å²) in [4.78, 5) is 29.1. The van der Waals surface area contributed by atoms with Gasteiger partial charge in [-0.25, -0.2) is 4.39 Å². The zero-order valence-electron chi connectivity index (χ0n) is 17.7. The van der Waals surface area contributed by atoms with Crippen LogP contribution in [0.25, 0.3) is 0 Å². The summed E-state index contributed by atoms with van der Waals surface area (Å²) in [7, 11) is 1.65. The second-order valence-corrected chi connectivity index (χ2v) is 8.10. The highest BCUT2D eigenvalue weighted by molar-refractivity contribution is 6.00. The zero-order valence-corrected chi connectivity index (χ0v) is 17.7. The van der Waals surface area contributed by atoms with E-state index < -0.39 is 11.7 Å². The molecule has 2 aromatic rings. The molecule has 2 amide bonds. The highest BCUT2D eigenvalue weighted by Crippen LogP contribution is 2.32. The first kappa shape index (κ1) is 21.3. The molecule has 0 aromatic heterocycles. The molecule has 0 bridgehead atoms. The summed E-state index contributed by atoms with van der Waals surface area (Å²) < 4.78 is 19.7. The van der Waals surface area contributed by atoms with E-state index >= 15 is 0 Å². The molecule has 2 fully saturated rings. The summed E-state index contributed by atoms with van der Waals surface area (Å²) in [5.74, 6) is -0.557. The minimum atomic E-state index is -0.496. The van der Waals surface area contributed by atoms with E-state index in [0.717, 1.165) is 37.2 Å². The van der Waals surface area contributed by atoms with Gasteiger partial charge in [-0.3, -0.25) is 14.5 Å². The molecule has 164 valence electrons. The van der Waals surface area contributed by atoms with Crippen molar-refractivity contribution in [3.8, 4) is 5.75 Å². The van der Waals surface area contributed by atoms with Gasteiger partial charge in [0.2, 0.25) is 11.8 Å². The summed E-state index contributed by atoms with van der Waals surface area (Å²) in [5, 5.41) is 3.05. The third kappa shape index (κ3) is 4.56. The van der Waals surface area contributed by atoms with Crippen LogP contribution in [0.5, 0.6) is 5.75 Å². The summed E-state index contributed by atoms with van der Waals surface area (Å²) in [5.41, 5.74) is 1.27. The van der Waals surface area contributed by atoms with Crippen LogP contribution in [0.2, 0.25) is 0 Å². The predicted octanol–water partition coefficient (Wildman–Crippen LogP) is 3.14. The number of hydrogen-bond donors (Lipinski definition) is 1. The molecule has 0 spiro atoms. The lowest BCUT2D eigenvalue weighted by Gasteiger charge is -2.29. The highest BCUT2D eigenvalue weighted by Gasteiger charge is 2.36. The van der Waals surface area contributed by atoms with Crippen molar-refractivity contribution in [1.82, 2.24) is 10.2 Å². The second kappa shape index (κ2) is 9.47. The van der Waals surface area contributed by atoms with Gasteiger partial charge in [0.15, 0.2) is 0 Å². The molecule has 0 radical (unpaired) electrons. The van der Waals surface area contributed by atoms with Gasteiger partial charge in [0.1, 0.15) is 11.6 Å². The van der Waals surface area contributed by atoms with Gasteiger partial charge in [-0.15, -0.1) is 0 Å². The van der Waals surface area contributed by atoms with Crippen molar-refractivity contribution in [2.75, 3.05) is 38.2 Å². The number of likely N-dealkylation sites (tertiary alicyclic amines) is 1. The smallest absolute Gasteiger partial charge is 0.227 e. The van der Waals surface area contributed by atoms with E-state index in [1.807, 2.05) is 24.3 Å². The monoisotopic (exact) mass is 425 g/mol. The molecule has 1 N–H and O–H groups in total. The van der Waals surface area contributed by atoms with E-state index in [1.165, 1.54) is 11.0 Å². The lowest BCUT2D eigenvalue weighted by atomic mass is 10.0. The van der Waals surface area contributed by atoms with E-state index in [-0.39, 0.29) is 36.5 Å². The molecule has 31 heavy (non-hydrogen) atoms. The van der Waals surface area contributed by atoms with Gasteiger partial charge in [0.05, 0.1) is 24.8 Å². The maximum absolute atomic E-state index is 14.1. The maximum Gasteiger partial charge on any atom is 0.227 e. The number of methoxy groups -OCH3 is 1. The van der Waals surface area contributed by atoms with E-state index in [1.54, 1.807) is 25.3 Å². The third-order valence-electron chi connectivity index (χ3n) is 6.19. The van der Waals surface area contributed by atoms with Crippen LogP contribution in [0.15, 0.2) is 48.5 Å². The summed E-state index contributed by atoms with van der Waals surface area (Å²) in [6.07, 6.45) is 2.35. The van der Waals surface area contributed by atoms with Crippen LogP contribution in [-0.4, -0.2) is 50.0 Å². The van der Waals surface area contributed by atoms with Crippen LogP contribution in [0.1, 0.15) is 30.9 Å². The molecule has 2 aliphatic heterocycles. The fourth-order valence-corrected chi connectivity index (χ4v) is 4.56. The average molecular weight is 426 g/mol. The number of ether oxygens (including phenoxy) is 1. The minimum absolute atomic E-state index is 0.00220. The molecule has 6 nitrogen and oxygen atoms in total. The van der Waals surface area contributed by atoms with Crippen molar-refractivity contribution >= 4 is 17.5 Å². The molecule has 2 atom stereocenters. The Morgan fingerprint density at radius 1 is 1.16 bits per heavy atom. The van der Waals surface area contributed by atoms with Crippen molar-refractivity contribution in [3.63, 3.8) is 0 Å². The van der Waals surface area contributed by atoms with Gasteiger partial charge in [0.25, 0.3) is 0 Å². The number of anilines is 1. The van der Waals surface area contributed by atoms with E-state index in [0.29, 0.717) is 6.54 Å². The van der Waals surface area contributed by atoms with E-state index in [2.05, 4.69) is 10.2 Å². The number of carbonyl (C=O) groups is 2. The first-order valence-electron chi connectivity index (χ1n) is 10.8. The molecule has 2 unspecified atom stereocenters. The van der Waals surface area contributed by atoms with Crippen molar-refractivity contribution < 1.29 is 18.7 Å². The maximum atomic E-state index is 14.1. The molecule has 0 saturated carbocycles. The number of nitrogens with one attached hydrogen (secondary N) is 1. The Morgan fingerprint density at radius 2 is 1.87 bits per heavy atom. The number of para-hydroxylation sites is 2. The Morgan fingerprint density at radius 3 is 2.61 bits per heavy atom. The predicted molar refractivity (Wildman–Crippen MR) is 116 cm³/mol. The number of hydrogen-bond acceptors (Lipinski definition) is 4. The molecule has 2 heterocycles. The summed E-state index contributed by atoms with van der Waals surface area (Å²) in [6.45, 7) is 2.57. The van der Waals surface area contributed by atoms with Crippen LogP contribution < -0.4 is 15.0 Å². The van der Waals surface area contributed by atoms with Crippen molar-refractivity contribution in [3.05, 3.63) is 59.9 Å². The van der Waals surface area contributed by atoms with Gasteiger partial charge in [-0.2, -0.15) is 0 Å². The fourth-order valence-electron chi connectivity index (χ4n) is 4.56. The SMILES string of the molecule is COc1ccccc1C(CNC(=O)C1CC(=O)N(c2ccccc2F)C1)N1CCCC1. The van der Waals surface area contributed by atoms with Crippen LogP contribution in [0.3, 0.4) is 0 Å². The zero-order chi connectivity index (χ0) is 21.8. The summed E-state index contributed by atoms with van der Waals surface area (Å²) >= 11 is 0. The van der Waals surface area contributed by atoms with Crippen LogP contribution in [-0.2, 0) is 9.59 Å². The van der Waals surface area contributed by atoms with Crippen molar-refractivity contribution in [2.45, 2.75) is 25.3 Å². The van der Waals surface area contributed by atoms with Gasteiger partial charge in [-0.05, 0) is 44.1 Å².